The van der Waals surface area contributed by atoms with Crippen LogP contribution in [0.4, 0.5) is 9.57 Å². The van der Waals surface area contributed by atoms with E-state index in [1.165, 1.54) is 11.8 Å². The van der Waals surface area contributed by atoms with Gasteiger partial charge in [-0.2, -0.15) is 20.2 Å². The molecule has 0 amide bonds. The first-order chi connectivity index (χ1) is 8.45. The van der Waals surface area contributed by atoms with Crippen LogP contribution in [0.3, 0.4) is 0 Å². The average molecular weight is 291 g/mol. The zero-order valence-corrected chi connectivity index (χ0v) is 11.4. The zero-order valence-electron chi connectivity index (χ0n) is 9.80. The third-order valence-corrected chi connectivity index (χ3v) is 3.66. The van der Waals surface area contributed by atoms with E-state index in [1.54, 1.807) is 30.3 Å². The molecule has 18 heavy (non-hydrogen) atoms. The Morgan fingerprint density at radius 1 is 1.39 bits per heavy atom. The van der Waals surface area contributed by atoms with Crippen molar-refractivity contribution in [1.29, 1.82) is 0 Å². The van der Waals surface area contributed by atoms with Crippen LogP contribution in [0, 0.1) is 0 Å². The molecule has 100 valence electrons. The molecule has 1 aromatic rings. The van der Waals surface area contributed by atoms with E-state index in [0.29, 0.717) is 11.4 Å². The van der Waals surface area contributed by atoms with E-state index in [4.69, 9.17) is 0 Å². The molecular formula is C11H14FNO3S2. The van der Waals surface area contributed by atoms with E-state index in [1.807, 2.05) is 6.26 Å². The van der Waals surface area contributed by atoms with Crippen LogP contribution < -0.4 is 5.32 Å². The van der Waals surface area contributed by atoms with Gasteiger partial charge in [-0.3, -0.25) is 4.79 Å². The van der Waals surface area contributed by atoms with Gasteiger partial charge >= 0.3 is 10.2 Å². The molecule has 7 heteroatoms. The highest BCUT2D eigenvalue weighted by atomic mass is 32.3. The van der Waals surface area contributed by atoms with Crippen molar-refractivity contribution < 1.29 is 17.1 Å². The van der Waals surface area contributed by atoms with Crippen molar-refractivity contribution in [2.45, 2.75) is 12.5 Å². The molecule has 0 aromatic heterocycles. The molecule has 0 bridgehead atoms. The quantitative estimate of drug-likeness (QED) is 0.813. The molecule has 0 radical (unpaired) electrons. The predicted molar refractivity (Wildman–Crippen MR) is 71.9 cm³/mol. The van der Waals surface area contributed by atoms with Crippen molar-refractivity contribution in [2.24, 2.45) is 0 Å². The molecule has 1 N–H and O–H groups in total. The lowest BCUT2D eigenvalue weighted by Gasteiger charge is -2.16. The average Bonchev–Trinajstić information content (AvgIpc) is 2.33. The highest BCUT2D eigenvalue weighted by Gasteiger charge is 2.30. The second-order valence-electron chi connectivity index (χ2n) is 3.60. The fourth-order valence-electron chi connectivity index (χ4n) is 1.39. The molecule has 0 saturated carbocycles. The highest BCUT2D eigenvalue weighted by Crippen LogP contribution is 2.14. The van der Waals surface area contributed by atoms with Gasteiger partial charge in [-0.25, -0.2) is 0 Å². The third kappa shape index (κ3) is 4.66. The number of para-hydroxylation sites is 1. The molecule has 0 aliphatic heterocycles. The zero-order chi connectivity index (χ0) is 13.6. The maximum Gasteiger partial charge on any atom is 0.368 e. The fraction of sp³-hybridized carbons (Fsp3) is 0.364. The van der Waals surface area contributed by atoms with Gasteiger partial charge in [-0.15, -0.1) is 0 Å². The van der Waals surface area contributed by atoms with Crippen LogP contribution in [-0.4, -0.2) is 31.6 Å². The smallest absolute Gasteiger partial charge is 0.368 e. The van der Waals surface area contributed by atoms with Gasteiger partial charge < -0.3 is 5.32 Å². The Balaban J connectivity index is 2.82. The summed E-state index contributed by atoms with van der Waals surface area (Å²) in [6.45, 7) is 0. The Morgan fingerprint density at radius 3 is 2.50 bits per heavy atom. The summed E-state index contributed by atoms with van der Waals surface area (Å²) in [5.74, 6) is 0.561. The van der Waals surface area contributed by atoms with Crippen LogP contribution in [0.5, 0.6) is 0 Å². The molecule has 0 heterocycles. The maximum absolute atomic E-state index is 12.7. The fourth-order valence-corrected chi connectivity index (χ4v) is 2.38. The highest BCUT2D eigenvalue weighted by molar-refractivity contribution is 8.01. The number of nitrogens with one attached hydrogen (secondary N) is 1. The molecule has 1 rings (SSSR count). The molecule has 0 unspecified atom stereocenters. The number of hydrogen-bond donors (Lipinski definition) is 1. The van der Waals surface area contributed by atoms with Gasteiger partial charge in [0, 0.05) is 5.69 Å². The number of rotatable bonds is 6. The first-order valence-electron chi connectivity index (χ1n) is 5.24. The first kappa shape index (κ1) is 15.0. The van der Waals surface area contributed by atoms with Gasteiger partial charge in [0.15, 0.2) is 0 Å². The number of carbonyl (C=O) groups is 1. The normalized spacial score (nSPS) is 13.0. The molecule has 0 fully saturated rings. The lowest BCUT2D eigenvalue weighted by molar-refractivity contribution is -0.112. The summed E-state index contributed by atoms with van der Waals surface area (Å²) in [5.41, 5.74) is 0.584. The van der Waals surface area contributed by atoms with Gasteiger partial charge in [0.05, 0.1) is 0 Å². The van der Waals surface area contributed by atoms with E-state index in [2.05, 4.69) is 5.32 Å². The van der Waals surface area contributed by atoms with Gasteiger partial charge in [0.1, 0.15) is 6.04 Å². The molecule has 0 spiro atoms. The number of halogens is 1. The number of hydrogen-bond acceptors (Lipinski definition) is 5. The minimum absolute atomic E-state index is 0.248. The Morgan fingerprint density at radius 2 is 2.00 bits per heavy atom. The summed E-state index contributed by atoms with van der Waals surface area (Å²) in [6, 6.07) is 7.57. The molecule has 0 aliphatic rings. The van der Waals surface area contributed by atoms with Crippen LogP contribution in [0.1, 0.15) is 6.42 Å². The molecule has 1 atom stereocenters. The predicted octanol–water partition coefficient (Wildman–Crippen LogP) is 2.05. The summed E-state index contributed by atoms with van der Waals surface area (Å²) in [6.07, 6.45) is 2.08. The van der Waals surface area contributed by atoms with Crippen LogP contribution in [0.15, 0.2) is 30.3 Å². The summed E-state index contributed by atoms with van der Waals surface area (Å²) in [7, 11) is -5.16. The number of thioether (sulfide) groups is 1. The largest absolute Gasteiger partial charge is 0.374 e. The van der Waals surface area contributed by atoms with E-state index in [0.717, 1.165) is 0 Å². The lowest BCUT2D eigenvalue weighted by Crippen LogP contribution is -2.33. The van der Waals surface area contributed by atoms with Crippen molar-refractivity contribution in [3.8, 4) is 0 Å². The lowest BCUT2D eigenvalue weighted by atomic mass is 10.2. The SMILES string of the molecule is CSCC[C@H](Nc1ccccc1)C(=O)S(=O)(=O)F. The molecule has 0 aliphatic carbocycles. The monoisotopic (exact) mass is 291 g/mol. The van der Waals surface area contributed by atoms with Gasteiger partial charge in [-0.1, -0.05) is 22.1 Å². The van der Waals surface area contributed by atoms with Crippen LogP contribution in [-0.2, 0) is 15.0 Å². The maximum atomic E-state index is 12.7. The Hall–Kier alpha value is -1.08. The van der Waals surface area contributed by atoms with Gasteiger partial charge in [0.2, 0.25) is 0 Å². The first-order valence-corrected chi connectivity index (χ1v) is 8.02. The molecule has 1 aromatic carbocycles. The van der Waals surface area contributed by atoms with Crippen molar-refractivity contribution in [1.82, 2.24) is 0 Å². The summed E-state index contributed by atoms with van der Waals surface area (Å²) in [4.78, 5) is 11.4. The van der Waals surface area contributed by atoms with E-state index in [9.17, 15) is 17.1 Å². The van der Waals surface area contributed by atoms with E-state index >= 15 is 0 Å². The number of carbonyl (C=O) groups excluding carboxylic acids is 1. The van der Waals surface area contributed by atoms with Crippen LogP contribution in [0.25, 0.3) is 0 Å². The third-order valence-electron chi connectivity index (χ3n) is 2.25. The minimum atomic E-state index is -5.16. The van der Waals surface area contributed by atoms with E-state index in [-0.39, 0.29) is 6.42 Å². The Labute approximate surface area is 110 Å². The summed E-state index contributed by atoms with van der Waals surface area (Å²) in [5, 5.41) is 1.32. The van der Waals surface area contributed by atoms with E-state index < -0.39 is 21.4 Å². The second kappa shape index (κ2) is 6.75. The summed E-state index contributed by atoms with van der Waals surface area (Å²) < 4.78 is 34.1. The molecular weight excluding hydrogens is 277 g/mol. The molecule has 4 nitrogen and oxygen atoms in total. The van der Waals surface area contributed by atoms with Crippen molar-refractivity contribution in [2.75, 3.05) is 17.3 Å². The minimum Gasteiger partial charge on any atom is -0.374 e. The van der Waals surface area contributed by atoms with Crippen LogP contribution >= 0.6 is 11.8 Å². The summed E-state index contributed by atoms with van der Waals surface area (Å²) >= 11 is 1.46. The molecule has 0 saturated heterocycles. The van der Waals surface area contributed by atoms with Crippen molar-refractivity contribution in [3.05, 3.63) is 30.3 Å². The van der Waals surface area contributed by atoms with Gasteiger partial charge in [-0.05, 0) is 30.6 Å². The number of anilines is 1. The Bertz CT molecular complexity index is 490. The van der Waals surface area contributed by atoms with Gasteiger partial charge in [0.25, 0.3) is 5.12 Å². The van der Waals surface area contributed by atoms with Crippen LogP contribution in [0.2, 0.25) is 0 Å². The second-order valence-corrected chi connectivity index (χ2v) is 5.86. The van der Waals surface area contributed by atoms with Crippen molar-refractivity contribution >= 4 is 32.8 Å². The van der Waals surface area contributed by atoms with Crippen molar-refractivity contribution in [3.63, 3.8) is 0 Å². The topological polar surface area (TPSA) is 63.2 Å². The Kier molecular flexibility index (Phi) is 5.61. The standard InChI is InChI=1S/C11H14FNO3S2/c1-17-8-7-10(11(14)18(12,15)16)13-9-5-3-2-4-6-9/h2-6,10,13H,7-8H2,1H3/t10-/m0/s1. The number of benzene rings is 1.